The van der Waals surface area contributed by atoms with E-state index < -0.39 is 5.97 Å². The van der Waals surface area contributed by atoms with Crippen molar-refractivity contribution >= 4 is 29.5 Å². The van der Waals surface area contributed by atoms with Crippen molar-refractivity contribution in [1.29, 1.82) is 0 Å². The van der Waals surface area contributed by atoms with Crippen molar-refractivity contribution in [3.05, 3.63) is 52.5 Å². The quantitative estimate of drug-likeness (QED) is 0.551. The number of esters is 1. The third-order valence-electron chi connectivity index (χ3n) is 4.68. The molecule has 1 aliphatic carbocycles. The third kappa shape index (κ3) is 2.68. The first-order valence-corrected chi connectivity index (χ1v) is 10.3. The first-order chi connectivity index (χ1) is 11.6. The Balaban J connectivity index is 1.66. The van der Waals surface area contributed by atoms with E-state index in [4.69, 9.17) is 9.15 Å². The highest BCUT2D eigenvalue weighted by atomic mass is 32.2. The fraction of sp³-hybridized carbons (Fsp3) is 0.421. The maximum atomic E-state index is 12.6. The molecule has 0 radical (unpaired) electrons. The van der Waals surface area contributed by atoms with Crippen LogP contribution in [0, 0.1) is 13.8 Å². The van der Waals surface area contributed by atoms with Gasteiger partial charge in [0.2, 0.25) is 5.76 Å². The monoisotopic (exact) mass is 360 g/mol. The van der Waals surface area contributed by atoms with E-state index in [0.29, 0.717) is 11.5 Å². The minimum atomic E-state index is -0.395. The number of thioether (sulfide) groups is 2. The molecule has 0 unspecified atom stereocenters. The summed E-state index contributed by atoms with van der Waals surface area (Å²) in [6.45, 7) is 4.01. The van der Waals surface area contributed by atoms with Gasteiger partial charge in [0.05, 0.1) is 4.08 Å². The number of hydrogen-bond acceptors (Lipinski definition) is 5. The second-order valence-electron chi connectivity index (χ2n) is 6.36. The Bertz CT molecular complexity index is 771. The number of benzene rings is 1. The lowest BCUT2D eigenvalue weighted by atomic mass is 9.94. The van der Waals surface area contributed by atoms with E-state index in [2.05, 4.69) is 0 Å². The number of hydrogen-bond donors (Lipinski definition) is 0. The Kier molecular flexibility index (Phi) is 4.17. The van der Waals surface area contributed by atoms with Gasteiger partial charge in [-0.05, 0) is 38.8 Å². The fourth-order valence-corrected chi connectivity index (χ4v) is 7.11. The smallest absolute Gasteiger partial charge is 0.379 e. The molecule has 1 spiro atoms. The summed E-state index contributed by atoms with van der Waals surface area (Å²) in [6, 6.07) is 7.50. The topological polar surface area (TPSA) is 39.4 Å². The van der Waals surface area contributed by atoms with E-state index in [1.165, 1.54) is 5.56 Å². The van der Waals surface area contributed by atoms with E-state index in [9.17, 15) is 4.79 Å². The van der Waals surface area contributed by atoms with Gasteiger partial charge in [-0.25, -0.2) is 4.79 Å². The van der Waals surface area contributed by atoms with Crippen LogP contribution in [0.5, 0.6) is 5.75 Å². The van der Waals surface area contributed by atoms with Crippen molar-refractivity contribution in [2.24, 2.45) is 0 Å². The van der Waals surface area contributed by atoms with Crippen molar-refractivity contribution < 1.29 is 13.9 Å². The summed E-state index contributed by atoms with van der Waals surface area (Å²) in [5, 5.41) is 0. The molecular weight excluding hydrogens is 340 g/mol. The van der Waals surface area contributed by atoms with Crippen LogP contribution in [-0.2, 0) is 10.5 Å². The summed E-state index contributed by atoms with van der Waals surface area (Å²) in [5.41, 5.74) is 3.34. The molecule has 2 heterocycles. The molecule has 1 saturated heterocycles. The standard InChI is InChI=1S/C19H20O3S2/c1-12-5-7-14(8-6-12)21-18(20)17-13(2)16-15(22-17)4-3-9-19(16)23-10-11-24-19/h5-8H,3-4,9-11H2,1-2H3. The van der Waals surface area contributed by atoms with Gasteiger partial charge in [-0.3, -0.25) is 0 Å². The van der Waals surface area contributed by atoms with Crippen molar-refractivity contribution in [2.45, 2.75) is 37.2 Å². The molecule has 126 valence electrons. The molecule has 1 aromatic heterocycles. The number of aryl methyl sites for hydroxylation is 2. The van der Waals surface area contributed by atoms with Gasteiger partial charge in [0, 0.05) is 29.1 Å². The van der Waals surface area contributed by atoms with Gasteiger partial charge in [-0.2, -0.15) is 0 Å². The van der Waals surface area contributed by atoms with Crippen LogP contribution >= 0.6 is 23.5 Å². The number of carbonyl (C=O) groups excluding carboxylic acids is 1. The van der Waals surface area contributed by atoms with Gasteiger partial charge < -0.3 is 9.15 Å². The zero-order valence-corrected chi connectivity index (χ0v) is 15.5. The van der Waals surface area contributed by atoms with E-state index in [1.54, 1.807) is 0 Å². The normalized spacial score (nSPS) is 18.6. The highest BCUT2D eigenvalue weighted by Crippen LogP contribution is 2.59. The molecule has 0 atom stereocenters. The highest BCUT2D eigenvalue weighted by molar-refractivity contribution is 8.20. The second kappa shape index (κ2) is 6.19. The highest BCUT2D eigenvalue weighted by Gasteiger charge is 2.45. The van der Waals surface area contributed by atoms with Gasteiger partial charge in [-0.1, -0.05) is 17.7 Å². The van der Waals surface area contributed by atoms with Gasteiger partial charge in [0.25, 0.3) is 0 Å². The molecule has 5 heteroatoms. The minimum absolute atomic E-state index is 0.0869. The van der Waals surface area contributed by atoms with E-state index in [1.807, 2.05) is 61.6 Å². The van der Waals surface area contributed by atoms with Crippen molar-refractivity contribution in [2.75, 3.05) is 11.5 Å². The molecule has 0 bridgehead atoms. The molecule has 0 saturated carbocycles. The molecule has 3 nitrogen and oxygen atoms in total. The first kappa shape index (κ1) is 16.2. The Labute approximate surface area is 150 Å². The van der Waals surface area contributed by atoms with Crippen molar-refractivity contribution in [3.8, 4) is 5.75 Å². The lowest BCUT2D eigenvalue weighted by molar-refractivity contribution is 0.0698. The lowest BCUT2D eigenvalue weighted by Gasteiger charge is -2.31. The zero-order valence-electron chi connectivity index (χ0n) is 13.9. The third-order valence-corrected chi connectivity index (χ3v) is 8.21. The molecule has 2 aliphatic rings. The summed E-state index contributed by atoms with van der Waals surface area (Å²) in [7, 11) is 0. The fourth-order valence-electron chi connectivity index (χ4n) is 3.55. The van der Waals surface area contributed by atoms with Crippen molar-refractivity contribution in [3.63, 3.8) is 0 Å². The van der Waals surface area contributed by atoms with Crippen LogP contribution in [0.1, 0.15) is 45.8 Å². The number of fused-ring (bicyclic) bond motifs is 2. The summed E-state index contributed by atoms with van der Waals surface area (Å²) in [6.07, 6.45) is 3.19. The number of rotatable bonds is 2. The second-order valence-corrected chi connectivity index (χ2v) is 9.41. The summed E-state index contributed by atoms with van der Waals surface area (Å²) >= 11 is 4.01. The maximum Gasteiger partial charge on any atom is 0.379 e. The van der Waals surface area contributed by atoms with Crippen LogP contribution in [-0.4, -0.2) is 17.5 Å². The number of ether oxygens (including phenoxy) is 1. The Morgan fingerprint density at radius 3 is 2.58 bits per heavy atom. The maximum absolute atomic E-state index is 12.6. The SMILES string of the molecule is Cc1ccc(OC(=O)c2oc3c(c2C)C2(CCC3)SCCS2)cc1. The van der Waals surface area contributed by atoms with Gasteiger partial charge in [0.15, 0.2) is 0 Å². The minimum Gasteiger partial charge on any atom is -0.453 e. The average Bonchev–Trinajstić information content (AvgIpc) is 3.16. The summed E-state index contributed by atoms with van der Waals surface area (Å²) in [5.74, 6) is 3.84. The number of carbonyl (C=O) groups is 1. The van der Waals surface area contributed by atoms with Crippen LogP contribution in [0.2, 0.25) is 0 Å². The predicted octanol–water partition coefficient (Wildman–Crippen LogP) is 5.08. The van der Waals surface area contributed by atoms with Crippen LogP contribution in [0.4, 0.5) is 0 Å². The van der Waals surface area contributed by atoms with Crippen LogP contribution in [0.3, 0.4) is 0 Å². The molecule has 2 aromatic rings. The van der Waals surface area contributed by atoms with Gasteiger partial charge >= 0.3 is 5.97 Å². The molecule has 24 heavy (non-hydrogen) atoms. The molecule has 1 fully saturated rings. The lowest BCUT2D eigenvalue weighted by Crippen LogP contribution is -2.21. The van der Waals surface area contributed by atoms with E-state index in [-0.39, 0.29) is 4.08 Å². The van der Waals surface area contributed by atoms with Gasteiger partial charge in [-0.15, -0.1) is 23.5 Å². The van der Waals surface area contributed by atoms with Crippen LogP contribution in [0.25, 0.3) is 0 Å². The van der Waals surface area contributed by atoms with E-state index in [0.717, 1.165) is 47.7 Å². The number of furan rings is 1. The van der Waals surface area contributed by atoms with E-state index >= 15 is 0 Å². The summed E-state index contributed by atoms with van der Waals surface area (Å²) < 4.78 is 11.6. The average molecular weight is 361 g/mol. The molecule has 1 aliphatic heterocycles. The predicted molar refractivity (Wildman–Crippen MR) is 99.1 cm³/mol. The van der Waals surface area contributed by atoms with Crippen molar-refractivity contribution in [1.82, 2.24) is 0 Å². The molecule has 0 N–H and O–H groups in total. The molecule has 4 rings (SSSR count). The molecule has 1 aromatic carbocycles. The molecule has 0 amide bonds. The Morgan fingerprint density at radius 2 is 1.88 bits per heavy atom. The largest absolute Gasteiger partial charge is 0.453 e. The molecular formula is C19H20O3S2. The van der Waals surface area contributed by atoms with Gasteiger partial charge in [0.1, 0.15) is 11.5 Å². The van der Waals surface area contributed by atoms with Crippen LogP contribution in [0.15, 0.2) is 28.7 Å². The zero-order chi connectivity index (χ0) is 16.7. The Hall–Kier alpha value is -1.33. The van der Waals surface area contributed by atoms with Crippen LogP contribution < -0.4 is 4.74 Å². The summed E-state index contributed by atoms with van der Waals surface area (Å²) in [4.78, 5) is 12.6. The first-order valence-electron chi connectivity index (χ1n) is 8.28. The Morgan fingerprint density at radius 1 is 1.17 bits per heavy atom.